The zero-order chi connectivity index (χ0) is 11.7. The van der Waals surface area contributed by atoms with Crippen LogP contribution in [0.25, 0.3) is 11.1 Å². The summed E-state index contributed by atoms with van der Waals surface area (Å²) in [5, 5.41) is 9.85. The number of anilines is 1. The van der Waals surface area contributed by atoms with Gasteiger partial charge in [-0.25, -0.2) is 0 Å². The number of aryl methyl sites for hydroxylation is 2. The molecule has 2 aromatic carbocycles. The van der Waals surface area contributed by atoms with Crippen LogP contribution in [0, 0.1) is 13.8 Å². The van der Waals surface area contributed by atoms with Gasteiger partial charge in [-0.05, 0) is 38.1 Å². The molecular weight excluding hydrogens is 198 g/mol. The molecule has 0 atom stereocenters. The van der Waals surface area contributed by atoms with Crippen molar-refractivity contribution in [2.45, 2.75) is 13.8 Å². The molecule has 0 aliphatic rings. The Morgan fingerprint density at radius 2 is 1.44 bits per heavy atom. The molecular formula is C14H15NO. The van der Waals surface area contributed by atoms with Crippen molar-refractivity contribution in [3.63, 3.8) is 0 Å². The van der Waals surface area contributed by atoms with Crippen molar-refractivity contribution in [3.8, 4) is 16.9 Å². The van der Waals surface area contributed by atoms with Crippen LogP contribution >= 0.6 is 0 Å². The molecule has 2 nitrogen and oxygen atoms in total. The quantitative estimate of drug-likeness (QED) is 0.714. The monoisotopic (exact) mass is 213 g/mol. The van der Waals surface area contributed by atoms with E-state index in [9.17, 15) is 5.11 Å². The third-order valence-corrected chi connectivity index (χ3v) is 2.65. The van der Waals surface area contributed by atoms with Gasteiger partial charge in [0.2, 0.25) is 0 Å². The molecule has 0 heterocycles. The van der Waals surface area contributed by atoms with Crippen LogP contribution in [0.5, 0.6) is 5.75 Å². The van der Waals surface area contributed by atoms with E-state index in [2.05, 4.69) is 0 Å². The largest absolute Gasteiger partial charge is 0.507 e. The van der Waals surface area contributed by atoms with Gasteiger partial charge in [0.15, 0.2) is 0 Å². The molecule has 0 aromatic heterocycles. The molecule has 0 bridgehead atoms. The maximum absolute atomic E-state index is 9.85. The van der Waals surface area contributed by atoms with Crippen LogP contribution in [0.3, 0.4) is 0 Å². The molecule has 0 radical (unpaired) electrons. The molecule has 0 spiro atoms. The summed E-state index contributed by atoms with van der Waals surface area (Å²) in [5.41, 5.74) is 10.5. The predicted molar refractivity (Wildman–Crippen MR) is 67.4 cm³/mol. The molecule has 0 amide bonds. The Balaban J connectivity index is 2.66. The maximum atomic E-state index is 9.85. The van der Waals surface area contributed by atoms with E-state index in [0.717, 1.165) is 22.3 Å². The Hall–Kier alpha value is -1.96. The molecule has 2 rings (SSSR count). The average molecular weight is 213 g/mol. The van der Waals surface area contributed by atoms with Crippen molar-refractivity contribution in [1.82, 2.24) is 0 Å². The van der Waals surface area contributed by atoms with Crippen molar-refractivity contribution in [2.75, 3.05) is 5.73 Å². The van der Waals surface area contributed by atoms with E-state index in [4.69, 9.17) is 5.73 Å². The molecule has 0 saturated carbocycles. The Labute approximate surface area is 95.4 Å². The lowest BCUT2D eigenvalue weighted by molar-refractivity contribution is 0.477. The van der Waals surface area contributed by atoms with Crippen LogP contribution in [0.4, 0.5) is 5.69 Å². The van der Waals surface area contributed by atoms with E-state index in [1.165, 1.54) is 0 Å². The Bertz CT molecular complexity index is 483. The van der Waals surface area contributed by atoms with E-state index >= 15 is 0 Å². The van der Waals surface area contributed by atoms with Crippen molar-refractivity contribution in [1.29, 1.82) is 0 Å². The van der Waals surface area contributed by atoms with Gasteiger partial charge in [0.25, 0.3) is 0 Å². The minimum absolute atomic E-state index is 0.267. The lowest BCUT2D eigenvalue weighted by atomic mass is 9.99. The predicted octanol–water partition coefficient (Wildman–Crippen LogP) is 3.26. The van der Waals surface area contributed by atoms with E-state index in [-0.39, 0.29) is 5.75 Å². The third kappa shape index (κ3) is 1.87. The summed E-state index contributed by atoms with van der Waals surface area (Å²) < 4.78 is 0. The molecule has 2 aromatic rings. The summed E-state index contributed by atoms with van der Waals surface area (Å²) in [7, 11) is 0. The second-order valence-corrected chi connectivity index (χ2v) is 4.11. The lowest BCUT2D eigenvalue weighted by Gasteiger charge is -2.09. The molecule has 0 aliphatic carbocycles. The van der Waals surface area contributed by atoms with Gasteiger partial charge >= 0.3 is 0 Å². The van der Waals surface area contributed by atoms with Gasteiger partial charge in [-0.15, -0.1) is 0 Å². The minimum Gasteiger partial charge on any atom is -0.507 e. The first-order valence-corrected chi connectivity index (χ1v) is 5.24. The number of phenolic OH excluding ortho intramolecular Hbond substituents is 1. The zero-order valence-corrected chi connectivity index (χ0v) is 9.49. The summed E-state index contributed by atoms with van der Waals surface area (Å²) in [4.78, 5) is 0. The summed E-state index contributed by atoms with van der Waals surface area (Å²) in [6, 6.07) is 11.3. The highest BCUT2D eigenvalue weighted by molar-refractivity contribution is 5.81. The standard InChI is InChI=1S/C14H15NO/c1-9-3-5-13(15)11(7-9)12-8-10(2)4-6-14(12)16/h3-8,16H,15H2,1-2H3. The normalized spacial score (nSPS) is 10.4. The van der Waals surface area contributed by atoms with Gasteiger partial charge < -0.3 is 10.8 Å². The second-order valence-electron chi connectivity index (χ2n) is 4.11. The average Bonchev–Trinajstić information content (AvgIpc) is 2.25. The van der Waals surface area contributed by atoms with Gasteiger partial charge in [0.1, 0.15) is 5.75 Å². The van der Waals surface area contributed by atoms with Crippen LogP contribution < -0.4 is 5.73 Å². The van der Waals surface area contributed by atoms with Gasteiger partial charge in [-0.3, -0.25) is 0 Å². The second kappa shape index (κ2) is 3.89. The molecule has 0 unspecified atom stereocenters. The zero-order valence-electron chi connectivity index (χ0n) is 9.49. The van der Waals surface area contributed by atoms with Gasteiger partial charge in [-0.2, -0.15) is 0 Å². The van der Waals surface area contributed by atoms with Crippen molar-refractivity contribution in [2.24, 2.45) is 0 Å². The Morgan fingerprint density at radius 1 is 0.875 bits per heavy atom. The van der Waals surface area contributed by atoms with Gasteiger partial charge in [0, 0.05) is 16.8 Å². The number of nitrogen functional groups attached to an aromatic ring is 1. The lowest BCUT2D eigenvalue weighted by Crippen LogP contribution is -1.91. The third-order valence-electron chi connectivity index (χ3n) is 2.65. The van der Waals surface area contributed by atoms with Crippen molar-refractivity contribution < 1.29 is 5.11 Å². The first-order chi connectivity index (χ1) is 7.58. The van der Waals surface area contributed by atoms with Crippen LogP contribution in [-0.2, 0) is 0 Å². The molecule has 16 heavy (non-hydrogen) atoms. The van der Waals surface area contributed by atoms with Crippen molar-refractivity contribution in [3.05, 3.63) is 47.5 Å². The Kier molecular flexibility index (Phi) is 2.57. The number of benzene rings is 2. The fourth-order valence-corrected chi connectivity index (χ4v) is 1.77. The molecule has 0 fully saturated rings. The molecule has 2 heteroatoms. The van der Waals surface area contributed by atoms with E-state index in [1.807, 2.05) is 44.2 Å². The van der Waals surface area contributed by atoms with Crippen LogP contribution in [-0.4, -0.2) is 5.11 Å². The van der Waals surface area contributed by atoms with E-state index < -0.39 is 0 Å². The number of aromatic hydroxyl groups is 1. The molecule has 3 N–H and O–H groups in total. The van der Waals surface area contributed by atoms with Crippen molar-refractivity contribution >= 4 is 5.69 Å². The molecule has 0 aliphatic heterocycles. The highest BCUT2D eigenvalue weighted by Crippen LogP contribution is 2.34. The highest BCUT2D eigenvalue weighted by atomic mass is 16.3. The molecule has 0 saturated heterocycles. The number of nitrogens with two attached hydrogens (primary N) is 1. The topological polar surface area (TPSA) is 46.2 Å². The number of rotatable bonds is 1. The fraction of sp³-hybridized carbons (Fsp3) is 0.143. The summed E-state index contributed by atoms with van der Waals surface area (Å²) >= 11 is 0. The maximum Gasteiger partial charge on any atom is 0.123 e. The van der Waals surface area contributed by atoms with Crippen LogP contribution in [0.2, 0.25) is 0 Å². The number of hydrogen-bond acceptors (Lipinski definition) is 2. The Morgan fingerprint density at radius 3 is 2.12 bits per heavy atom. The number of phenols is 1. The summed E-state index contributed by atoms with van der Waals surface area (Å²) in [6.07, 6.45) is 0. The fourth-order valence-electron chi connectivity index (χ4n) is 1.77. The SMILES string of the molecule is Cc1ccc(N)c(-c2cc(C)ccc2O)c1. The highest BCUT2D eigenvalue weighted by Gasteiger charge is 2.07. The first kappa shape index (κ1) is 10.6. The summed E-state index contributed by atoms with van der Waals surface area (Å²) in [6.45, 7) is 4.00. The summed E-state index contributed by atoms with van der Waals surface area (Å²) in [5.74, 6) is 0.267. The smallest absolute Gasteiger partial charge is 0.123 e. The van der Waals surface area contributed by atoms with Gasteiger partial charge in [0.05, 0.1) is 0 Å². The first-order valence-electron chi connectivity index (χ1n) is 5.24. The minimum atomic E-state index is 0.267. The van der Waals surface area contributed by atoms with Gasteiger partial charge in [-0.1, -0.05) is 23.3 Å². The van der Waals surface area contributed by atoms with E-state index in [0.29, 0.717) is 5.69 Å². The van der Waals surface area contributed by atoms with Crippen LogP contribution in [0.1, 0.15) is 11.1 Å². The van der Waals surface area contributed by atoms with E-state index in [1.54, 1.807) is 6.07 Å². The number of hydrogen-bond donors (Lipinski definition) is 2. The molecule has 82 valence electrons. The van der Waals surface area contributed by atoms with Crippen LogP contribution in [0.15, 0.2) is 36.4 Å².